The number of ether oxygens (including phenoxy) is 2. The van der Waals surface area contributed by atoms with Crippen molar-refractivity contribution in [1.29, 1.82) is 5.26 Å². The topological polar surface area (TPSA) is 59.3 Å². The highest BCUT2D eigenvalue weighted by Crippen LogP contribution is 2.38. The Morgan fingerprint density at radius 2 is 1.92 bits per heavy atom. The molecular formula is C19H15NO3S. The van der Waals surface area contributed by atoms with Crippen LogP contribution in [0.3, 0.4) is 0 Å². The molecule has 2 aromatic carbocycles. The molecule has 0 bridgehead atoms. The van der Waals surface area contributed by atoms with E-state index < -0.39 is 0 Å². The van der Waals surface area contributed by atoms with E-state index in [4.69, 9.17) is 9.47 Å². The minimum Gasteiger partial charge on any atom is -0.486 e. The zero-order chi connectivity index (χ0) is 16.9. The highest BCUT2D eigenvalue weighted by atomic mass is 32.1. The van der Waals surface area contributed by atoms with Crippen molar-refractivity contribution in [2.24, 2.45) is 0 Å². The van der Waals surface area contributed by atoms with Crippen molar-refractivity contribution < 1.29 is 14.3 Å². The number of thiophene rings is 1. The average Bonchev–Trinajstić information content (AvgIpc) is 2.99. The molecule has 1 heterocycles. The summed E-state index contributed by atoms with van der Waals surface area (Å²) in [6.07, 6.45) is 0. The molecule has 0 N–H and O–H groups in total. The molecule has 0 spiro atoms. The highest BCUT2D eigenvalue weighted by Gasteiger charge is 2.21. The molecule has 0 atom stereocenters. The Kier molecular flexibility index (Phi) is 4.78. The minimum absolute atomic E-state index is 0.219. The van der Waals surface area contributed by atoms with Crippen molar-refractivity contribution in [2.45, 2.75) is 13.5 Å². The summed E-state index contributed by atoms with van der Waals surface area (Å²) >= 11 is 1.35. The fraction of sp³-hybridized carbons (Fsp3) is 0.158. The van der Waals surface area contributed by atoms with Crippen LogP contribution in [0.5, 0.6) is 5.75 Å². The molecule has 0 aliphatic rings. The predicted octanol–water partition coefficient (Wildman–Crippen LogP) is 4.53. The van der Waals surface area contributed by atoms with E-state index in [1.165, 1.54) is 11.3 Å². The number of benzene rings is 2. The summed E-state index contributed by atoms with van der Waals surface area (Å²) in [6.45, 7) is 2.30. The molecule has 0 aliphatic carbocycles. The van der Waals surface area contributed by atoms with Gasteiger partial charge in [-0.3, -0.25) is 0 Å². The monoisotopic (exact) mass is 337 g/mol. The summed E-state index contributed by atoms with van der Waals surface area (Å²) in [5.74, 6) is 0.129. The molecular weight excluding hydrogens is 322 g/mol. The largest absolute Gasteiger partial charge is 0.486 e. The number of carbonyl (C=O) groups is 1. The molecule has 3 rings (SSSR count). The first-order valence-electron chi connectivity index (χ1n) is 7.54. The Labute approximate surface area is 143 Å². The number of hydrogen-bond donors (Lipinski definition) is 0. The summed E-state index contributed by atoms with van der Waals surface area (Å²) in [5.41, 5.74) is 1.35. The van der Waals surface area contributed by atoms with Gasteiger partial charge in [0.1, 0.15) is 6.61 Å². The number of carbonyl (C=O) groups excluding carboxylic acids is 1. The second-order valence-electron chi connectivity index (χ2n) is 5.03. The van der Waals surface area contributed by atoms with Crippen molar-refractivity contribution in [3.8, 4) is 11.8 Å². The fourth-order valence-electron chi connectivity index (χ4n) is 2.40. The number of rotatable bonds is 5. The van der Waals surface area contributed by atoms with Crippen LogP contribution in [0, 0.1) is 11.3 Å². The smallest absolute Gasteiger partial charge is 0.352 e. The first-order chi connectivity index (χ1) is 11.7. The van der Waals surface area contributed by atoms with Gasteiger partial charge in [0.05, 0.1) is 18.2 Å². The van der Waals surface area contributed by atoms with E-state index >= 15 is 0 Å². The van der Waals surface area contributed by atoms with Crippen LogP contribution >= 0.6 is 11.3 Å². The van der Waals surface area contributed by atoms with Gasteiger partial charge in [-0.2, -0.15) is 5.26 Å². The number of hydrogen-bond acceptors (Lipinski definition) is 5. The van der Waals surface area contributed by atoms with E-state index in [1.807, 2.05) is 42.5 Å². The Morgan fingerprint density at radius 1 is 1.17 bits per heavy atom. The third kappa shape index (κ3) is 3.10. The van der Waals surface area contributed by atoms with Gasteiger partial charge in [-0.1, -0.05) is 30.3 Å². The van der Waals surface area contributed by atoms with Crippen LogP contribution < -0.4 is 4.74 Å². The number of nitriles is 1. The van der Waals surface area contributed by atoms with Gasteiger partial charge in [-0.05, 0) is 25.1 Å². The molecule has 3 aromatic rings. The van der Waals surface area contributed by atoms with Crippen LogP contribution in [0.1, 0.15) is 27.7 Å². The minimum atomic E-state index is -0.387. The van der Waals surface area contributed by atoms with Crippen LogP contribution in [0.25, 0.3) is 10.1 Å². The number of nitrogens with zero attached hydrogens (tertiary/aromatic N) is 1. The summed E-state index contributed by atoms with van der Waals surface area (Å²) < 4.78 is 12.0. The molecule has 0 saturated carbocycles. The van der Waals surface area contributed by atoms with E-state index in [1.54, 1.807) is 13.0 Å². The summed E-state index contributed by atoms with van der Waals surface area (Å²) in [7, 11) is 0. The van der Waals surface area contributed by atoms with Gasteiger partial charge in [0.25, 0.3) is 0 Å². The van der Waals surface area contributed by atoms with Gasteiger partial charge in [-0.15, -0.1) is 11.3 Å². The van der Waals surface area contributed by atoms with Crippen molar-refractivity contribution >= 4 is 27.4 Å². The van der Waals surface area contributed by atoms with Gasteiger partial charge in [-0.25, -0.2) is 4.79 Å². The lowest BCUT2D eigenvalue weighted by Gasteiger charge is -2.09. The molecule has 4 nitrogen and oxygen atoms in total. The first-order valence-corrected chi connectivity index (χ1v) is 8.35. The van der Waals surface area contributed by atoms with E-state index in [-0.39, 0.29) is 12.6 Å². The molecule has 0 saturated heterocycles. The SMILES string of the molecule is CCOC(=O)c1sc2ccccc2c1OCc1ccccc1C#N. The number of fused-ring (bicyclic) bond motifs is 1. The first kappa shape index (κ1) is 16.0. The van der Waals surface area contributed by atoms with Crippen LogP contribution in [-0.4, -0.2) is 12.6 Å². The summed E-state index contributed by atoms with van der Waals surface area (Å²) in [4.78, 5) is 12.7. The lowest BCUT2D eigenvalue weighted by atomic mass is 10.1. The van der Waals surface area contributed by atoms with E-state index in [0.717, 1.165) is 15.6 Å². The van der Waals surface area contributed by atoms with Crippen molar-refractivity contribution in [1.82, 2.24) is 0 Å². The highest BCUT2D eigenvalue weighted by molar-refractivity contribution is 7.21. The number of esters is 1. The zero-order valence-electron chi connectivity index (χ0n) is 13.1. The van der Waals surface area contributed by atoms with Gasteiger partial charge < -0.3 is 9.47 Å². The van der Waals surface area contributed by atoms with Crippen molar-refractivity contribution in [2.75, 3.05) is 6.61 Å². The molecule has 0 unspecified atom stereocenters. The lowest BCUT2D eigenvalue weighted by Crippen LogP contribution is -2.06. The quantitative estimate of drug-likeness (QED) is 0.642. The zero-order valence-corrected chi connectivity index (χ0v) is 13.9. The maximum Gasteiger partial charge on any atom is 0.352 e. The molecule has 0 amide bonds. The molecule has 0 radical (unpaired) electrons. The van der Waals surface area contributed by atoms with E-state index in [0.29, 0.717) is 22.8 Å². The lowest BCUT2D eigenvalue weighted by molar-refractivity contribution is 0.0527. The van der Waals surface area contributed by atoms with Crippen LogP contribution in [-0.2, 0) is 11.3 Å². The molecule has 24 heavy (non-hydrogen) atoms. The Balaban J connectivity index is 1.97. The Bertz CT molecular complexity index is 924. The standard InChI is InChI=1S/C19H15NO3S/c1-2-22-19(21)18-17(15-9-5-6-10-16(15)24-18)23-12-14-8-4-3-7-13(14)11-20/h3-10H,2,12H2,1H3. The molecule has 5 heteroatoms. The van der Waals surface area contributed by atoms with Gasteiger partial charge >= 0.3 is 5.97 Å². The van der Waals surface area contributed by atoms with Crippen LogP contribution in [0.15, 0.2) is 48.5 Å². The molecule has 120 valence electrons. The van der Waals surface area contributed by atoms with Gasteiger partial charge in [0.2, 0.25) is 0 Å². The Hall–Kier alpha value is -2.84. The van der Waals surface area contributed by atoms with Crippen LogP contribution in [0.4, 0.5) is 0 Å². The van der Waals surface area contributed by atoms with Gasteiger partial charge in [0, 0.05) is 15.6 Å². The molecule has 0 aliphatic heterocycles. The Morgan fingerprint density at radius 3 is 2.71 bits per heavy atom. The maximum atomic E-state index is 12.2. The average molecular weight is 337 g/mol. The fourth-order valence-corrected chi connectivity index (χ4v) is 3.44. The normalized spacial score (nSPS) is 10.3. The maximum absolute atomic E-state index is 12.2. The molecule has 1 aromatic heterocycles. The predicted molar refractivity (Wildman–Crippen MR) is 93.3 cm³/mol. The summed E-state index contributed by atoms with van der Waals surface area (Å²) in [6, 6.07) is 17.1. The third-order valence-corrected chi connectivity index (χ3v) is 4.65. The van der Waals surface area contributed by atoms with E-state index in [2.05, 4.69) is 6.07 Å². The second-order valence-corrected chi connectivity index (χ2v) is 6.09. The molecule has 0 fully saturated rings. The van der Waals surface area contributed by atoms with Crippen molar-refractivity contribution in [3.05, 3.63) is 64.5 Å². The van der Waals surface area contributed by atoms with Gasteiger partial charge in [0.15, 0.2) is 10.6 Å². The van der Waals surface area contributed by atoms with Crippen LogP contribution in [0.2, 0.25) is 0 Å². The second kappa shape index (κ2) is 7.16. The van der Waals surface area contributed by atoms with E-state index in [9.17, 15) is 10.1 Å². The van der Waals surface area contributed by atoms with Crippen molar-refractivity contribution in [3.63, 3.8) is 0 Å². The third-order valence-electron chi connectivity index (χ3n) is 3.52. The summed E-state index contributed by atoms with van der Waals surface area (Å²) in [5, 5.41) is 10.1.